The van der Waals surface area contributed by atoms with Gasteiger partial charge in [0.05, 0.1) is 0 Å². The fourth-order valence-electron chi connectivity index (χ4n) is 2.79. The van der Waals surface area contributed by atoms with Crippen molar-refractivity contribution in [1.82, 2.24) is 16.0 Å². The average molecular weight is 353 g/mol. The number of carbonyl (C=O) groups excluding carboxylic acids is 1. The van der Waals surface area contributed by atoms with Gasteiger partial charge in [0.15, 0.2) is 5.96 Å². The van der Waals surface area contributed by atoms with Crippen LogP contribution in [0.5, 0.6) is 0 Å². The third kappa shape index (κ3) is 9.99. The number of amides is 1. The first-order valence-corrected chi connectivity index (χ1v) is 9.49. The average Bonchev–Trinajstić information content (AvgIpc) is 2.51. The zero-order chi connectivity index (χ0) is 18.7. The molecule has 1 amide bonds. The summed E-state index contributed by atoms with van der Waals surface area (Å²) in [6, 6.07) is 0.596. The molecule has 0 radical (unpaired) electrons. The zero-order valence-electron chi connectivity index (χ0n) is 16.5. The molecule has 6 heteroatoms. The molecule has 0 unspecified atom stereocenters. The third-order valence-electron chi connectivity index (χ3n) is 3.93. The summed E-state index contributed by atoms with van der Waals surface area (Å²) in [5, 5.41) is 9.80. The predicted octanol–water partition coefficient (Wildman–Crippen LogP) is 3.34. The molecule has 6 nitrogen and oxygen atoms in total. The normalized spacial score (nSPS) is 21.9. The summed E-state index contributed by atoms with van der Waals surface area (Å²) in [5.74, 6) is 0.885. The summed E-state index contributed by atoms with van der Waals surface area (Å²) in [6.07, 6.45) is 8.75. The van der Waals surface area contributed by atoms with E-state index < -0.39 is 5.60 Å². The summed E-state index contributed by atoms with van der Waals surface area (Å²) < 4.78 is 5.33. The van der Waals surface area contributed by atoms with Gasteiger partial charge in [0.1, 0.15) is 5.60 Å². The van der Waals surface area contributed by atoms with Gasteiger partial charge in [-0.2, -0.15) is 0 Å². The van der Waals surface area contributed by atoms with Crippen molar-refractivity contribution in [2.24, 2.45) is 4.99 Å². The molecule has 0 spiro atoms. The lowest BCUT2D eigenvalue weighted by Gasteiger charge is -2.31. The Kier molecular flexibility index (Phi) is 9.39. The van der Waals surface area contributed by atoms with Crippen LogP contribution in [0.25, 0.3) is 0 Å². The second-order valence-electron chi connectivity index (χ2n) is 7.46. The van der Waals surface area contributed by atoms with E-state index in [-0.39, 0.29) is 12.1 Å². The second kappa shape index (κ2) is 11.0. The van der Waals surface area contributed by atoms with E-state index >= 15 is 0 Å². The molecule has 1 aliphatic rings. The van der Waals surface area contributed by atoms with Crippen LogP contribution in [0.3, 0.4) is 0 Å². The quantitative estimate of drug-likeness (QED) is 0.297. The minimum absolute atomic E-state index is 0.196. The van der Waals surface area contributed by atoms with Gasteiger partial charge in [-0.05, 0) is 66.7 Å². The summed E-state index contributed by atoms with van der Waals surface area (Å²) in [7, 11) is 0. The molecule has 0 aromatic carbocycles. The van der Waals surface area contributed by atoms with Gasteiger partial charge < -0.3 is 20.7 Å². The lowest BCUT2D eigenvalue weighted by molar-refractivity contribution is 0.0490. The first-order chi connectivity index (χ1) is 11.8. The molecule has 0 atom stereocenters. The zero-order valence-corrected chi connectivity index (χ0v) is 16.5. The number of hydrogen-bond donors (Lipinski definition) is 3. The Bertz CT molecular complexity index is 447. The second-order valence-corrected chi connectivity index (χ2v) is 7.46. The Hall–Kier alpha value is -1.72. The van der Waals surface area contributed by atoms with E-state index in [0.717, 1.165) is 51.2 Å². The molecule has 1 rings (SSSR count). The number of nitrogens with one attached hydrogen (secondary N) is 3. The van der Waals surface area contributed by atoms with Crippen LogP contribution in [0.2, 0.25) is 0 Å². The molecule has 144 valence electrons. The van der Waals surface area contributed by atoms with Gasteiger partial charge in [0.25, 0.3) is 0 Å². The van der Waals surface area contributed by atoms with E-state index in [9.17, 15) is 4.79 Å². The number of nitrogens with zero attached hydrogens (tertiary/aromatic N) is 1. The van der Waals surface area contributed by atoms with Crippen molar-refractivity contribution < 1.29 is 9.53 Å². The molecule has 0 saturated heterocycles. The molecule has 1 aliphatic carbocycles. The molecular formula is C19H36N4O2. The van der Waals surface area contributed by atoms with Crippen molar-refractivity contribution in [3.63, 3.8) is 0 Å². The van der Waals surface area contributed by atoms with Gasteiger partial charge in [-0.15, -0.1) is 0 Å². The highest BCUT2D eigenvalue weighted by Crippen LogP contribution is 2.19. The maximum Gasteiger partial charge on any atom is 0.407 e. The van der Waals surface area contributed by atoms with E-state index in [4.69, 9.17) is 4.74 Å². The highest BCUT2D eigenvalue weighted by Gasteiger charge is 2.25. The highest BCUT2D eigenvalue weighted by molar-refractivity contribution is 5.80. The number of hydrogen-bond acceptors (Lipinski definition) is 3. The predicted molar refractivity (Wildman–Crippen MR) is 104 cm³/mol. The maximum atomic E-state index is 11.9. The van der Waals surface area contributed by atoms with Crippen LogP contribution in [0, 0.1) is 0 Å². The van der Waals surface area contributed by atoms with Crippen molar-refractivity contribution in [2.45, 2.75) is 84.4 Å². The largest absolute Gasteiger partial charge is 0.444 e. The summed E-state index contributed by atoms with van der Waals surface area (Å²) in [6.45, 7) is 11.4. The first-order valence-electron chi connectivity index (χ1n) is 9.49. The summed E-state index contributed by atoms with van der Waals surface area (Å²) in [4.78, 5) is 16.5. The molecule has 25 heavy (non-hydrogen) atoms. The third-order valence-corrected chi connectivity index (χ3v) is 3.93. The molecule has 0 aliphatic heterocycles. The monoisotopic (exact) mass is 352 g/mol. The minimum atomic E-state index is -0.451. The first kappa shape index (κ1) is 21.3. The molecule has 0 heterocycles. The Morgan fingerprint density at radius 1 is 1.16 bits per heavy atom. The molecule has 1 fully saturated rings. The van der Waals surface area contributed by atoms with E-state index in [1.54, 1.807) is 0 Å². The van der Waals surface area contributed by atoms with Gasteiger partial charge in [-0.3, -0.25) is 4.99 Å². The van der Waals surface area contributed by atoms with Crippen LogP contribution in [0.15, 0.2) is 17.1 Å². The summed E-state index contributed by atoms with van der Waals surface area (Å²) in [5.41, 5.74) is -0.451. The number of carbonyl (C=O) groups is 1. The van der Waals surface area contributed by atoms with Gasteiger partial charge in [-0.1, -0.05) is 12.2 Å². The van der Waals surface area contributed by atoms with Crippen molar-refractivity contribution in [3.05, 3.63) is 12.2 Å². The van der Waals surface area contributed by atoms with Gasteiger partial charge >= 0.3 is 6.09 Å². The van der Waals surface area contributed by atoms with Crippen LogP contribution >= 0.6 is 0 Å². The number of ether oxygens (including phenoxy) is 1. The van der Waals surface area contributed by atoms with Gasteiger partial charge in [-0.25, -0.2) is 4.79 Å². The molecule has 0 aromatic rings. The van der Waals surface area contributed by atoms with Crippen molar-refractivity contribution in [3.8, 4) is 0 Å². The van der Waals surface area contributed by atoms with Gasteiger partial charge in [0, 0.05) is 25.2 Å². The molecule has 1 saturated carbocycles. The lowest BCUT2D eigenvalue weighted by atomic mass is 9.91. The Morgan fingerprint density at radius 2 is 1.76 bits per heavy atom. The van der Waals surface area contributed by atoms with Crippen molar-refractivity contribution in [2.75, 3.05) is 13.1 Å². The van der Waals surface area contributed by atoms with E-state index in [2.05, 4.69) is 40.0 Å². The SMILES string of the molecule is C/C=C/CCN=C(NCC)NC1CCC(NC(=O)OC(C)(C)C)CC1. The molecule has 0 bridgehead atoms. The number of guanidine groups is 1. The molecular weight excluding hydrogens is 316 g/mol. The van der Waals surface area contributed by atoms with E-state index in [0.29, 0.717) is 6.04 Å². The number of aliphatic imine (C=N–C) groups is 1. The fraction of sp³-hybridized carbons (Fsp3) is 0.789. The Balaban J connectivity index is 2.37. The van der Waals surface area contributed by atoms with E-state index in [1.165, 1.54) is 0 Å². The highest BCUT2D eigenvalue weighted by atomic mass is 16.6. The summed E-state index contributed by atoms with van der Waals surface area (Å²) >= 11 is 0. The topological polar surface area (TPSA) is 74.8 Å². The van der Waals surface area contributed by atoms with E-state index in [1.807, 2.05) is 27.7 Å². The van der Waals surface area contributed by atoms with Crippen LogP contribution in [-0.2, 0) is 4.74 Å². The van der Waals surface area contributed by atoms with Crippen LogP contribution in [0.1, 0.15) is 66.7 Å². The fourth-order valence-corrected chi connectivity index (χ4v) is 2.79. The molecule has 0 aromatic heterocycles. The van der Waals surface area contributed by atoms with Crippen LogP contribution < -0.4 is 16.0 Å². The maximum absolute atomic E-state index is 11.9. The molecule has 3 N–H and O–H groups in total. The van der Waals surface area contributed by atoms with Crippen LogP contribution in [0.4, 0.5) is 4.79 Å². The standard InChI is InChI=1S/C19H36N4O2/c1-6-8-9-14-21-17(20-7-2)22-15-10-12-16(13-11-15)23-18(24)25-19(3,4)5/h6,8,15-16H,7,9-14H2,1-5H3,(H,23,24)(H2,20,21,22)/b8-6+. The Labute approximate surface area is 152 Å². The Morgan fingerprint density at radius 3 is 2.28 bits per heavy atom. The van der Waals surface area contributed by atoms with Gasteiger partial charge in [0.2, 0.25) is 0 Å². The smallest absolute Gasteiger partial charge is 0.407 e. The minimum Gasteiger partial charge on any atom is -0.444 e. The number of allylic oxidation sites excluding steroid dienone is 1. The van der Waals surface area contributed by atoms with Crippen molar-refractivity contribution in [1.29, 1.82) is 0 Å². The van der Waals surface area contributed by atoms with Crippen LogP contribution in [-0.4, -0.2) is 42.8 Å². The van der Waals surface area contributed by atoms with Crippen molar-refractivity contribution >= 4 is 12.1 Å². The number of alkyl carbamates (subject to hydrolysis) is 1. The number of rotatable bonds is 6. The lowest BCUT2D eigenvalue weighted by Crippen LogP contribution is -2.48.